The van der Waals surface area contributed by atoms with Crippen molar-refractivity contribution in [3.8, 4) is 0 Å². The number of carbonyl (C=O) groups is 1. The molecule has 13 heavy (non-hydrogen) atoms. The van der Waals surface area contributed by atoms with Gasteiger partial charge in [-0.25, -0.2) is 5.01 Å². The molecule has 0 fully saturated rings. The first kappa shape index (κ1) is 12.5. The minimum Gasteiger partial charge on any atom is -0.289 e. The number of carbonyl (C=O) groups excluding carboxylic acids is 1. The van der Waals surface area contributed by atoms with E-state index in [2.05, 4.69) is 5.43 Å². The van der Waals surface area contributed by atoms with Crippen molar-refractivity contribution in [2.75, 3.05) is 13.1 Å². The second-order valence-electron chi connectivity index (χ2n) is 2.30. The molecule has 0 bridgehead atoms. The molecular formula is C8H12Cl2N2O. The van der Waals surface area contributed by atoms with Gasteiger partial charge in [-0.2, -0.15) is 0 Å². The number of halogens is 2. The van der Waals surface area contributed by atoms with Crippen LogP contribution >= 0.6 is 23.2 Å². The topological polar surface area (TPSA) is 32.3 Å². The first-order chi connectivity index (χ1) is 6.20. The molecule has 1 N–H and O–H groups in total. The Balaban J connectivity index is 3.93. The first-order valence-electron chi connectivity index (χ1n) is 3.73. The van der Waals surface area contributed by atoms with E-state index in [9.17, 15) is 4.79 Å². The molecule has 0 saturated carbocycles. The Morgan fingerprint density at radius 1 is 1.31 bits per heavy atom. The minimum absolute atomic E-state index is 0.119. The van der Waals surface area contributed by atoms with E-state index in [1.165, 1.54) is 18.0 Å². The second kappa shape index (κ2) is 8.10. The molecule has 0 saturated heterocycles. The molecule has 0 spiro atoms. The molecule has 0 aromatic rings. The Hall–Kier alpha value is -0.510. The number of nitrogens with one attached hydrogen (secondary N) is 1. The molecule has 74 valence electrons. The number of hydrogen-bond acceptors (Lipinski definition) is 2. The van der Waals surface area contributed by atoms with Crippen molar-refractivity contribution in [3.05, 3.63) is 23.2 Å². The van der Waals surface area contributed by atoms with Crippen molar-refractivity contribution >= 4 is 29.1 Å². The van der Waals surface area contributed by atoms with Gasteiger partial charge in [0.05, 0.1) is 0 Å². The van der Waals surface area contributed by atoms with Crippen LogP contribution in [0, 0.1) is 0 Å². The zero-order valence-electron chi connectivity index (χ0n) is 7.34. The van der Waals surface area contributed by atoms with Gasteiger partial charge in [-0.05, 0) is 0 Å². The van der Waals surface area contributed by atoms with Crippen LogP contribution < -0.4 is 5.43 Å². The third kappa shape index (κ3) is 7.84. The summed E-state index contributed by atoms with van der Waals surface area (Å²) < 4.78 is 0. The van der Waals surface area contributed by atoms with Crippen LogP contribution in [0.15, 0.2) is 23.2 Å². The van der Waals surface area contributed by atoms with Crippen LogP contribution in [0.2, 0.25) is 0 Å². The molecule has 0 unspecified atom stereocenters. The van der Waals surface area contributed by atoms with Gasteiger partial charge in [-0.3, -0.25) is 10.2 Å². The van der Waals surface area contributed by atoms with Gasteiger partial charge in [0.25, 0.3) is 0 Å². The number of hydrazine groups is 1. The predicted octanol–water partition coefficient (Wildman–Crippen LogP) is 1.84. The monoisotopic (exact) mass is 222 g/mol. The first-order valence-corrected chi connectivity index (χ1v) is 4.60. The molecule has 0 rings (SSSR count). The average molecular weight is 223 g/mol. The number of rotatable bonds is 5. The largest absolute Gasteiger partial charge is 0.289 e. The zero-order valence-corrected chi connectivity index (χ0v) is 8.85. The molecule has 0 aromatic heterocycles. The molecule has 0 aromatic carbocycles. The fraction of sp³-hybridized carbons (Fsp3) is 0.375. The van der Waals surface area contributed by atoms with E-state index in [0.29, 0.717) is 13.1 Å². The van der Waals surface area contributed by atoms with Gasteiger partial charge in [0, 0.05) is 31.1 Å². The fourth-order valence-corrected chi connectivity index (χ4v) is 0.882. The lowest BCUT2D eigenvalue weighted by Gasteiger charge is -2.18. The maximum atomic E-state index is 10.7. The van der Waals surface area contributed by atoms with Crippen molar-refractivity contribution in [1.82, 2.24) is 10.4 Å². The third-order valence-electron chi connectivity index (χ3n) is 1.15. The molecule has 1 amide bonds. The summed E-state index contributed by atoms with van der Waals surface area (Å²) in [4.78, 5) is 10.7. The quantitative estimate of drug-likeness (QED) is 0.721. The van der Waals surface area contributed by atoms with Gasteiger partial charge < -0.3 is 0 Å². The summed E-state index contributed by atoms with van der Waals surface area (Å²) in [7, 11) is 0. The Morgan fingerprint density at radius 3 is 2.08 bits per heavy atom. The highest BCUT2D eigenvalue weighted by Gasteiger charge is 2.00. The van der Waals surface area contributed by atoms with Crippen molar-refractivity contribution in [2.24, 2.45) is 0 Å². The maximum Gasteiger partial charge on any atom is 0.231 e. The zero-order chi connectivity index (χ0) is 10.1. The summed E-state index contributed by atoms with van der Waals surface area (Å²) in [6.45, 7) is 2.54. The third-order valence-corrected chi connectivity index (χ3v) is 1.50. The summed E-state index contributed by atoms with van der Waals surface area (Å²) in [6.07, 6.45) is 3.44. The summed E-state index contributed by atoms with van der Waals surface area (Å²) in [5, 5.41) is 1.68. The van der Waals surface area contributed by atoms with E-state index < -0.39 is 0 Å². The molecule has 0 radical (unpaired) electrons. The van der Waals surface area contributed by atoms with Crippen molar-refractivity contribution in [1.29, 1.82) is 0 Å². The molecular weight excluding hydrogens is 211 g/mol. The van der Waals surface area contributed by atoms with E-state index in [1.54, 1.807) is 17.2 Å². The van der Waals surface area contributed by atoms with Gasteiger partial charge in [0.2, 0.25) is 5.91 Å². The summed E-state index contributed by atoms with van der Waals surface area (Å²) in [5.74, 6) is -0.119. The van der Waals surface area contributed by atoms with E-state index in [-0.39, 0.29) is 5.91 Å². The van der Waals surface area contributed by atoms with E-state index in [1.807, 2.05) is 0 Å². The lowest BCUT2D eigenvalue weighted by Crippen LogP contribution is -2.41. The van der Waals surface area contributed by atoms with Gasteiger partial charge in [0.1, 0.15) is 0 Å². The van der Waals surface area contributed by atoms with Crippen LogP contribution in [0.4, 0.5) is 0 Å². The van der Waals surface area contributed by atoms with Gasteiger partial charge >= 0.3 is 0 Å². The Morgan fingerprint density at radius 2 is 1.77 bits per heavy atom. The predicted molar refractivity (Wildman–Crippen MR) is 55.4 cm³/mol. The van der Waals surface area contributed by atoms with E-state index in [4.69, 9.17) is 23.2 Å². The average Bonchev–Trinajstić information content (AvgIpc) is 2.09. The van der Waals surface area contributed by atoms with Crippen LogP contribution in [0.25, 0.3) is 0 Å². The number of amides is 1. The molecule has 0 aliphatic rings. The lowest BCUT2D eigenvalue weighted by molar-refractivity contribution is -0.123. The highest BCUT2D eigenvalue weighted by atomic mass is 35.5. The van der Waals surface area contributed by atoms with Crippen LogP contribution in [-0.2, 0) is 4.79 Å². The van der Waals surface area contributed by atoms with Gasteiger partial charge in [-0.1, -0.05) is 35.4 Å². The highest BCUT2D eigenvalue weighted by Crippen LogP contribution is 1.88. The normalized spacial score (nSPS) is 11.7. The van der Waals surface area contributed by atoms with Crippen LogP contribution in [0.1, 0.15) is 6.92 Å². The Bertz CT molecular complexity index is 190. The molecule has 3 nitrogen and oxygen atoms in total. The smallest absolute Gasteiger partial charge is 0.231 e. The minimum atomic E-state index is -0.119. The fourth-order valence-electron chi connectivity index (χ4n) is 0.723. The SMILES string of the molecule is CC(=O)NN(C/C=C\Cl)C/C=C/Cl. The summed E-state index contributed by atoms with van der Waals surface area (Å²) in [5.41, 5.74) is 5.43. The van der Waals surface area contributed by atoms with E-state index in [0.717, 1.165) is 0 Å². The molecule has 0 aliphatic heterocycles. The maximum absolute atomic E-state index is 10.7. The standard InChI is InChI=1S/C8H12Cl2N2O/c1-8(13)11-12(6-2-4-9)7-3-5-10/h2-5H,6-7H2,1H3,(H,11,13)/b4-2-,5-3+. The number of nitrogens with zero attached hydrogens (tertiary/aromatic N) is 1. The molecule has 0 aliphatic carbocycles. The summed E-state index contributed by atoms with van der Waals surface area (Å²) >= 11 is 10.7. The van der Waals surface area contributed by atoms with Gasteiger partial charge in [0.15, 0.2) is 0 Å². The van der Waals surface area contributed by atoms with Crippen LogP contribution in [0.5, 0.6) is 0 Å². The molecule has 0 atom stereocenters. The van der Waals surface area contributed by atoms with E-state index >= 15 is 0 Å². The molecule has 0 heterocycles. The van der Waals surface area contributed by atoms with Crippen LogP contribution in [0.3, 0.4) is 0 Å². The highest BCUT2D eigenvalue weighted by molar-refractivity contribution is 6.25. The Labute approximate surface area is 88.0 Å². The Kier molecular flexibility index (Phi) is 7.79. The lowest BCUT2D eigenvalue weighted by atomic mass is 10.5. The van der Waals surface area contributed by atoms with Crippen molar-refractivity contribution in [2.45, 2.75) is 6.92 Å². The molecule has 5 heteroatoms. The van der Waals surface area contributed by atoms with Crippen molar-refractivity contribution < 1.29 is 4.79 Å². The van der Waals surface area contributed by atoms with Gasteiger partial charge in [-0.15, -0.1) is 0 Å². The second-order valence-corrected chi connectivity index (χ2v) is 2.80. The van der Waals surface area contributed by atoms with Crippen molar-refractivity contribution in [3.63, 3.8) is 0 Å². The summed E-state index contributed by atoms with van der Waals surface area (Å²) in [6, 6.07) is 0. The number of hydrogen-bond donors (Lipinski definition) is 1. The van der Waals surface area contributed by atoms with Crippen LogP contribution in [-0.4, -0.2) is 24.0 Å².